The number of rotatable bonds is 4. The van der Waals surface area contributed by atoms with Crippen LogP contribution in [0.1, 0.15) is 40.3 Å². The minimum atomic E-state index is -0.871. The predicted molar refractivity (Wildman–Crippen MR) is 86.5 cm³/mol. The van der Waals surface area contributed by atoms with Crippen LogP contribution in [0.4, 0.5) is 0 Å². The Kier molecular flexibility index (Phi) is 4.12. The predicted octanol–water partition coefficient (Wildman–Crippen LogP) is 2.95. The van der Waals surface area contributed by atoms with E-state index in [0.29, 0.717) is 28.4 Å². The van der Waals surface area contributed by atoms with Crippen LogP contribution < -0.4 is 14.9 Å². The highest BCUT2D eigenvalue weighted by Gasteiger charge is 2.37. The van der Waals surface area contributed by atoms with Crippen LogP contribution in [-0.2, 0) is 4.74 Å². The molecule has 0 spiro atoms. The van der Waals surface area contributed by atoms with Gasteiger partial charge in [-0.15, -0.1) is 0 Å². The molecule has 3 rings (SSSR count). The molecule has 6 heteroatoms. The minimum absolute atomic E-state index is 0.235. The van der Waals surface area contributed by atoms with Crippen molar-refractivity contribution in [2.75, 3.05) is 14.2 Å². The van der Waals surface area contributed by atoms with Gasteiger partial charge in [-0.2, -0.15) is 0 Å². The highest BCUT2D eigenvalue weighted by atomic mass is 16.6. The van der Waals surface area contributed by atoms with E-state index in [1.165, 1.54) is 26.5 Å². The van der Waals surface area contributed by atoms with E-state index in [4.69, 9.17) is 18.6 Å². The lowest BCUT2D eigenvalue weighted by Crippen LogP contribution is -2.14. The second-order valence-electron chi connectivity index (χ2n) is 5.18. The molecule has 0 radical (unpaired) electrons. The first-order valence-corrected chi connectivity index (χ1v) is 7.31. The fourth-order valence-corrected chi connectivity index (χ4v) is 2.65. The molecule has 24 heavy (non-hydrogen) atoms. The first-order valence-electron chi connectivity index (χ1n) is 7.31. The summed E-state index contributed by atoms with van der Waals surface area (Å²) in [6, 6.07) is 4.57. The summed E-state index contributed by atoms with van der Waals surface area (Å²) in [6.07, 6.45) is 3.88. The van der Waals surface area contributed by atoms with E-state index < -0.39 is 12.1 Å². The second-order valence-corrected chi connectivity index (χ2v) is 5.18. The third-order valence-corrected chi connectivity index (χ3v) is 3.77. The Labute approximate surface area is 138 Å². The normalized spacial score (nSPS) is 16.1. The summed E-state index contributed by atoms with van der Waals surface area (Å²) in [5.41, 5.74) is 0.763. The van der Waals surface area contributed by atoms with Crippen molar-refractivity contribution in [1.29, 1.82) is 0 Å². The van der Waals surface area contributed by atoms with Crippen molar-refractivity contribution in [1.82, 2.24) is 0 Å². The van der Waals surface area contributed by atoms with Gasteiger partial charge in [-0.05, 0) is 19.1 Å². The lowest BCUT2D eigenvalue weighted by atomic mass is 9.98. The summed E-state index contributed by atoms with van der Waals surface area (Å²) in [4.78, 5) is 24.6. The van der Waals surface area contributed by atoms with Gasteiger partial charge in [0.05, 0.1) is 30.9 Å². The number of hydrogen-bond donors (Lipinski definition) is 0. The van der Waals surface area contributed by atoms with Gasteiger partial charge in [-0.25, -0.2) is 4.79 Å². The van der Waals surface area contributed by atoms with Crippen LogP contribution in [0.25, 0.3) is 6.08 Å². The lowest BCUT2D eigenvalue weighted by molar-refractivity contribution is 0.0450. The summed E-state index contributed by atoms with van der Waals surface area (Å²) in [6.45, 7) is 1.82. The average Bonchev–Trinajstić information content (AvgIpc) is 2.91. The van der Waals surface area contributed by atoms with Gasteiger partial charge in [0.15, 0.2) is 11.5 Å². The van der Waals surface area contributed by atoms with Crippen molar-refractivity contribution >= 4 is 12.0 Å². The summed E-state index contributed by atoms with van der Waals surface area (Å²) in [5, 5.41) is 0. The molecule has 0 fully saturated rings. The summed E-state index contributed by atoms with van der Waals surface area (Å²) in [5.74, 6) is 0.775. The Morgan fingerprint density at radius 3 is 2.54 bits per heavy atom. The maximum absolute atomic E-state index is 12.4. The summed E-state index contributed by atoms with van der Waals surface area (Å²) < 4.78 is 21.3. The van der Waals surface area contributed by atoms with Crippen LogP contribution in [0.2, 0.25) is 0 Å². The maximum Gasteiger partial charge on any atom is 0.339 e. The summed E-state index contributed by atoms with van der Waals surface area (Å²) in [7, 11) is 2.97. The van der Waals surface area contributed by atoms with Crippen molar-refractivity contribution in [3.8, 4) is 11.5 Å². The van der Waals surface area contributed by atoms with Crippen molar-refractivity contribution in [2.24, 2.45) is 0 Å². The maximum atomic E-state index is 12.4. The van der Waals surface area contributed by atoms with Crippen LogP contribution in [0.3, 0.4) is 0 Å². The molecule has 1 aromatic carbocycles. The molecular formula is C18H16O6. The number of fused-ring (bicyclic) bond motifs is 1. The van der Waals surface area contributed by atoms with Gasteiger partial charge in [0, 0.05) is 12.1 Å². The SMILES string of the molecule is CC=Cc1cc(=O)c([C@@H]2OC(=O)c3cc(OC)cc(OC)c32)co1. The zero-order valence-electron chi connectivity index (χ0n) is 13.5. The smallest absolute Gasteiger partial charge is 0.339 e. The van der Waals surface area contributed by atoms with E-state index in [9.17, 15) is 9.59 Å². The zero-order valence-corrected chi connectivity index (χ0v) is 13.5. The molecule has 1 aromatic heterocycles. The zero-order chi connectivity index (χ0) is 17.3. The number of hydrogen-bond acceptors (Lipinski definition) is 6. The number of cyclic esters (lactones) is 1. The Hall–Kier alpha value is -3.02. The molecule has 0 N–H and O–H groups in total. The van der Waals surface area contributed by atoms with E-state index in [-0.39, 0.29) is 11.0 Å². The molecule has 0 saturated heterocycles. The number of benzene rings is 1. The standard InChI is InChI=1S/C18H16O6/c1-4-5-10-7-14(19)13(9-23-10)17-16-12(18(20)24-17)6-11(21-2)8-15(16)22-3/h4-9,17H,1-3H3/t17-/m0/s1. The Morgan fingerprint density at radius 2 is 1.92 bits per heavy atom. The molecule has 0 amide bonds. The summed E-state index contributed by atoms with van der Waals surface area (Å²) >= 11 is 0. The monoisotopic (exact) mass is 328 g/mol. The van der Waals surface area contributed by atoms with Gasteiger partial charge in [-0.1, -0.05) is 6.08 Å². The third-order valence-electron chi connectivity index (χ3n) is 3.77. The van der Waals surface area contributed by atoms with E-state index in [0.717, 1.165) is 0 Å². The van der Waals surface area contributed by atoms with E-state index >= 15 is 0 Å². The molecule has 1 aliphatic rings. The largest absolute Gasteiger partial charge is 0.497 e. The Balaban J connectivity index is 2.14. The van der Waals surface area contributed by atoms with Crippen molar-refractivity contribution in [3.63, 3.8) is 0 Å². The highest BCUT2D eigenvalue weighted by Crippen LogP contribution is 2.42. The van der Waals surface area contributed by atoms with Gasteiger partial charge >= 0.3 is 5.97 Å². The number of carbonyl (C=O) groups is 1. The van der Waals surface area contributed by atoms with Crippen LogP contribution >= 0.6 is 0 Å². The molecule has 2 heterocycles. The molecule has 0 aliphatic carbocycles. The van der Waals surface area contributed by atoms with Gasteiger partial charge in [0.2, 0.25) is 0 Å². The van der Waals surface area contributed by atoms with Gasteiger partial charge in [0.1, 0.15) is 23.5 Å². The molecule has 2 aromatic rings. The molecule has 1 atom stereocenters. The number of carbonyl (C=O) groups excluding carboxylic acids is 1. The molecular weight excluding hydrogens is 312 g/mol. The molecule has 0 unspecified atom stereocenters. The average molecular weight is 328 g/mol. The lowest BCUT2D eigenvalue weighted by Gasteiger charge is -2.13. The molecule has 0 bridgehead atoms. The van der Waals surface area contributed by atoms with E-state index in [1.54, 1.807) is 24.3 Å². The quantitative estimate of drug-likeness (QED) is 0.803. The van der Waals surface area contributed by atoms with Gasteiger partial charge in [-0.3, -0.25) is 4.79 Å². The third kappa shape index (κ3) is 2.56. The Bertz CT molecular complexity index is 878. The van der Waals surface area contributed by atoms with E-state index in [2.05, 4.69) is 0 Å². The second kappa shape index (κ2) is 6.23. The number of ether oxygens (including phenoxy) is 3. The fourth-order valence-electron chi connectivity index (χ4n) is 2.65. The highest BCUT2D eigenvalue weighted by molar-refractivity contribution is 5.96. The molecule has 1 aliphatic heterocycles. The fraction of sp³-hybridized carbons (Fsp3) is 0.222. The van der Waals surface area contributed by atoms with Crippen molar-refractivity contribution < 1.29 is 23.4 Å². The van der Waals surface area contributed by atoms with Gasteiger partial charge < -0.3 is 18.6 Å². The number of methoxy groups -OCH3 is 2. The van der Waals surface area contributed by atoms with Gasteiger partial charge in [0.25, 0.3) is 0 Å². The topological polar surface area (TPSA) is 75.0 Å². The van der Waals surface area contributed by atoms with Crippen LogP contribution in [-0.4, -0.2) is 20.2 Å². The van der Waals surface area contributed by atoms with Crippen LogP contribution in [0.15, 0.2) is 39.7 Å². The molecule has 6 nitrogen and oxygen atoms in total. The molecule has 124 valence electrons. The van der Waals surface area contributed by atoms with E-state index in [1.807, 2.05) is 6.92 Å². The minimum Gasteiger partial charge on any atom is -0.497 e. The van der Waals surface area contributed by atoms with Crippen molar-refractivity contribution in [3.05, 3.63) is 63.2 Å². The number of esters is 1. The van der Waals surface area contributed by atoms with Crippen LogP contribution in [0, 0.1) is 0 Å². The van der Waals surface area contributed by atoms with Crippen molar-refractivity contribution in [2.45, 2.75) is 13.0 Å². The van der Waals surface area contributed by atoms with Crippen LogP contribution in [0.5, 0.6) is 11.5 Å². The first-order chi connectivity index (χ1) is 11.6. The first kappa shape index (κ1) is 15.9. The number of allylic oxidation sites excluding steroid dienone is 1. The Morgan fingerprint density at radius 1 is 1.12 bits per heavy atom. The molecule has 0 saturated carbocycles.